The van der Waals surface area contributed by atoms with Crippen LogP contribution < -0.4 is 21.7 Å². The molecule has 67 heavy (non-hydrogen) atoms. The van der Waals surface area contributed by atoms with Gasteiger partial charge in [0.15, 0.2) is 46.2 Å². The number of aromatic nitrogens is 2. The van der Waals surface area contributed by atoms with Crippen LogP contribution in [0.2, 0.25) is 0 Å². The van der Waals surface area contributed by atoms with Gasteiger partial charge < -0.3 is 53.7 Å². The van der Waals surface area contributed by atoms with Crippen LogP contribution in [0.3, 0.4) is 0 Å². The monoisotopic (exact) mass is 1130 g/mol. The van der Waals surface area contributed by atoms with Gasteiger partial charge in [-0.3, -0.25) is 0 Å². The van der Waals surface area contributed by atoms with Crippen molar-refractivity contribution in [2.75, 3.05) is 37.9 Å². The predicted molar refractivity (Wildman–Crippen MR) is 263 cm³/mol. The Labute approximate surface area is 414 Å². The second kappa shape index (κ2) is 25.6. The van der Waals surface area contributed by atoms with Gasteiger partial charge in [-0.05, 0) is 109 Å². The first-order chi connectivity index (χ1) is 31.3. The number of benzene rings is 4. The summed E-state index contributed by atoms with van der Waals surface area (Å²) >= 11 is 9.34. The first-order valence-corrected chi connectivity index (χ1v) is 23.6. The molecule has 0 bridgehead atoms. The summed E-state index contributed by atoms with van der Waals surface area (Å²) in [6.07, 6.45) is 1.98. The van der Waals surface area contributed by atoms with Crippen molar-refractivity contribution in [3.05, 3.63) is 97.0 Å². The highest BCUT2D eigenvalue weighted by Gasteiger charge is 2.52. The molecule has 0 radical (unpaired) electrons. The van der Waals surface area contributed by atoms with E-state index in [9.17, 15) is 17.6 Å². The molecule has 1 saturated heterocycles. The predicted octanol–water partition coefficient (Wildman–Crippen LogP) is 12.6. The van der Waals surface area contributed by atoms with Crippen molar-refractivity contribution in [1.82, 2.24) is 9.97 Å². The van der Waals surface area contributed by atoms with Crippen LogP contribution in [0.4, 0.5) is 28.9 Å². The Kier molecular flexibility index (Phi) is 21.9. The number of rotatable bonds is 11. The topological polar surface area (TPSA) is 180 Å². The smallest absolute Gasteiger partial charge is 0.495 e. The zero-order chi connectivity index (χ0) is 50.4. The lowest BCUT2D eigenvalue weighted by molar-refractivity contribution is -0.365. The van der Waals surface area contributed by atoms with E-state index < -0.39 is 41.7 Å². The molecule has 21 heteroatoms. The molecule has 7 rings (SSSR count). The van der Waals surface area contributed by atoms with E-state index in [0.29, 0.717) is 74.0 Å². The second-order valence-corrected chi connectivity index (χ2v) is 18.4. The van der Waals surface area contributed by atoms with Crippen LogP contribution in [0.5, 0.6) is 11.5 Å². The number of nitrogen functional groups attached to an aromatic ring is 2. The molecule has 0 aliphatic carbocycles. The quantitative estimate of drug-likeness (QED) is 0.0279. The average Bonchev–Trinajstić information content (AvgIpc) is 3.87. The molecule has 0 spiro atoms. The molecule has 368 valence electrons. The first kappa shape index (κ1) is 57.4. The second-order valence-electron chi connectivity index (χ2n) is 15.6. The number of phenolic OH excluding ortho intramolecular Hbond substituents is 1. The van der Waals surface area contributed by atoms with Gasteiger partial charge in [-0.25, -0.2) is 27.5 Å². The number of halogens is 7. The van der Waals surface area contributed by atoms with Gasteiger partial charge in [0.25, 0.3) is 5.97 Å². The SMILES string of the molecule is CCCCOc1cc(Br)cc(F)c1N.CCOC(C)(OCC)OCC.Cc1nc2c(F)cc(B3OC(C)(C)C(C)(C)O3)cc2o1.Cc1nc2c(F)cc(Br)cc2o1.Nc1c(O)cc(Br)cc1F. The number of hydrogen-bond donors (Lipinski definition) is 3. The molecule has 5 N–H and O–H groups in total. The van der Waals surface area contributed by atoms with Crippen molar-refractivity contribution >= 4 is 93.9 Å². The normalized spacial score (nSPS) is 13.7. The lowest BCUT2D eigenvalue weighted by Gasteiger charge is -2.32. The van der Waals surface area contributed by atoms with Crippen molar-refractivity contribution in [2.45, 2.75) is 106 Å². The number of aryl methyl sites for hydroxylation is 2. The third kappa shape index (κ3) is 16.6. The van der Waals surface area contributed by atoms with Crippen LogP contribution in [0, 0.1) is 37.1 Å². The van der Waals surface area contributed by atoms with Gasteiger partial charge in [-0.1, -0.05) is 61.1 Å². The lowest BCUT2D eigenvalue weighted by atomic mass is 9.79. The van der Waals surface area contributed by atoms with Gasteiger partial charge in [0.2, 0.25) is 0 Å². The number of aromatic hydroxyl groups is 1. The Morgan fingerprint density at radius 2 is 1.09 bits per heavy atom. The number of oxazole rings is 2. The van der Waals surface area contributed by atoms with Crippen LogP contribution in [-0.2, 0) is 23.5 Å². The zero-order valence-corrected chi connectivity index (χ0v) is 44.1. The highest BCUT2D eigenvalue weighted by molar-refractivity contribution is 9.11. The third-order valence-corrected chi connectivity index (χ3v) is 11.1. The molecule has 4 aromatic carbocycles. The van der Waals surface area contributed by atoms with E-state index in [0.717, 1.165) is 12.8 Å². The van der Waals surface area contributed by atoms with Gasteiger partial charge in [0.05, 0.1) is 17.8 Å². The Morgan fingerprint density at radius 1 is 0.657 bits per heavy atom. The first-order valence-electron chi connectivity index (χ1n) is 21.2. The van der Waals surface area contributed by atoms with Crippen LogP contribution in [0.15, 0.2) is 70.8 Å². The number of phenols is 1. The maximum Gasteiger partial charge on any atom is 0.495 e. The average molecular weight is 1140 g/mol. The number of ether oxygens (including phenoxy) is 4. The summed E-state index contributed by atoms with van der Waals surface area (Å²) in [7, 11) is -0.607. The van der Waals surface area contributed by atoms with Gasteiger partial charge in [-0.15, -0.1) is 0 Å². The summed E-state index contributed by atoms with van der Waals surface area (Å²) < 4.78 is 98.1. The van der Waals surface area contributed by atoms with Gasteiger partial charge in [0.1, 0.15) is 33.9 Å². The number of nitrogens with zero attached hydrogens (tertiary/aromatic N) is 2. The van der Waals surface area contributed by atoms with Crippen molar-refractivity contribution in [1.29, 1.82) is 0 Å². The van der Waals surface area contributed by atoms with Gasteiger partial charge >= 0.3 is 7.12 Å². The molecule has 13 nitrogen and oxygen atoms in total. The maximum atomic E-state index is 14.1. The minimum atomic E-state index is -0.849. The molecule has 0 saturated carbocycles. The summed E-state index contributed by atoms with van der Waals surface area (Å²) in [6, 6.07) is 11.7. The highest BCUT2D eigenvalue weighted by atomic mass is 79.9. The number of nitrogens with two attached hydrogens (primary N) is 2. The summed E-state index contributed by atoms with van der Waals surface area (Å²) in [4.78, 5) is 7.91. The van der Waals surface area contributed by atoms with Crippen molar-refractivity contribution in [3.63, 3.8) is 0 Å². The van der Waals surface area contributed by atoms with Crippen LogP contribution in [-0.4, -0.2) is 65.8 Å². The van der Waals surface area contributed by atoms with E-state index in [1.165, 1.54) is 30.3 Å². The van der Waals surface area contributed by atoms with Gasteiger partial charge in [0, 0.05) is 54.0 Å². The van der Waals surface area contributed by atoms with E-state index in [1.807, 2.05) is 48.5 Å². The largest absolute Gasteiger partial charge is 0.506 e. The Balaban J connectivity index is 0.000000228. The lowest BCUT2D eigenvalue weighted by Crippen LogP contribution is -2.41. The highest BCUT2D eigenvalue weighted by Crippen LogP contribution is 2.37. The fraction of sp³-hybridized carbons (Fsp3) is 0.435. The van der Waals surface area contributed by atoms with Gasteiger partial charge in [-0.2, -0.15) is 0 Å². The summed E-state index contributed by atoms with van der Waals surface area (Å²) in [5.74, 6) is -1.64. The molecule has 1 aliphatic heterocycles. The minimum Gasteiger partial charge on any atom is -0.506 e. The van der Waals surface area contributed by atoms with E-state index in [2.05, 4.69) is 64.7 Å². The number of unbranched alkanes of at least 4 members (excludes halogenated alkanes) is 1. The van der Waals surface area contributed by atoms with Crippen molar-refractivity contribution in [3.8, 4) is 11.5 Å². The summed E-state index contributed by atoms with van der Waals surface area (Å²) in [5.41, 5.74) is 11.6. The molecular weight excluding hydrogens is 1080 g/mol. The fourth-order valence-corrected chi connectivity index (χ4v) is 7.03. The molecule has 3 heterocycles. The number of hydrogen-bond acceptors (Lipinski definition) is 13. The molecule has 0 unspecified atom stereocenters. The molecule has 6 aromatic rings. The van der Waals surface area contributed by atoms with Crippen LogP contribution in [0.25, 0.3) is 22.2 Å². The van der Waals surface area contributed by atoms with E-state index in [4.69, 9.17) is 53.7 Å². The van der Waals surface area contributed by atoms with E-state index in [-0.39, 0.29) is 34.0 Å². The maximum absolute atomic E-state index is 14.1. The fourth-order valence-electron chi connectivity index (χ4n) is 5.79. The molecule has 0 amide bonds. The third-order valence-electron chi connectivity index (χ3n) is 9.73. The summed E-state index contributed by atoms with van der Waals surface area (Å²) in [5, 5.41) is 8.89. The van der Waals surface area contributed by atoms with Crippen LogP contribution >= 0.6 is 47.8 Å². The standard InChI is InChI=1S/C14H17BFNO3.C10H13BrFNO.C8H5BrFNO.C8H18O3.C6H5BrFNO/c1-8-17-12-10(16)6-9(7-11(12)18-8)15-19-13(2,3)14(4,5)20-15;1-2-3-4-14-9-6-7(11)5-8(12)10(9)13;1-4-11-8-6(10)2-5(9)3-7(8)12-4;1-5-9-8(4,10-6-2)11-7-3;7-3-1-4(8)6(9)5(10)2-3/h6-7H,1-5H3;5-6H,2-4,13H2,1H3;2-3H,1H3;5-7H2,1-4H3;1-2,10H,9H2. The zero-order valence-electron chi connectivity index (χ0n) is 39.3. The van der Waals surface area contributed by atoms with Crippen molar-refractivity contribution < 1.29 is 59.8 Å². The molecule has 2 aromatic heterocycles. The molecular formula is C46H58BBr3F4N4O9. The minimum absolute atomic E-state index is 0.0734. The molecule has 1 fully saturated rings. The Bertz CT molecular complexity index is 2490. The molecule has 0 atom stereocenters. The van der Waals surface area contributed by atoms with Crippen molar-refractivity contribution in [2.24, 2.45) is 0 Å². The van der Waals surface area contributed by atoms with E-state index >= 15 is 0 Å². The summed E-state index contributed by atoms with van der Waals surface area (Å²) in [6.45, 7) is 23.1. The number of fused-ring (bicyclic) bond motifs is 2. The Morgan fingerprint density at radius 3 is 1.57 bits per heavy atom. The Hall–Kier alpha value is -3.96. The molecule has 1 aliphatic rings. The van der Waals surface area contributed by atoms with E-state index in [1.54, 1.807) is 39.0 Å². The van der Waals surface area contributed by atoms with Crippen LogP contribution in [0.1, 0.15) is 86.9 Å². The number of anilines is 2.